The lowest BCUT2D eigenvalue weighted by Crippen LogP contribution is -2.25. The molecule has 0 N–H and O–H groups in total. The number of benzene rings is 2. The second-order valence-corrected chi connectivity index (χ2v) is 13.7. The van der Waals surface area contributed by atoms with Gasteiger partial charge in [-0.15, -0.1) is 11.3 Å². The molecule has 2 aromatic carbocycles. The van der Waals surface area contributed by atoms with E-state index in [4.69, 9.17) is 4.98 Å². The predicted octanol–water partition coefficient (Wildman–Crippen LogP) is 8.32. The number of aromatic nitrogens is 3. The van der Waals surface area contributed by atoms with Crippen LogP contribution in [-0.2, 0) is 12.8 Å². The summed E-state index contributed by atoms with van der Waals surface area (Å²) in [4.78, 5) is 35.2. The van der Waals surface area contributed by atoms with Crippen molar-refractivity contribution in [1.82, 2.24) is 14.1 Å². The summed E-state index contributed by atoms with van der Waals surface area (Å²) in [6, 6.07) is 14.2. The Kier molecular flexibility index (Phi) is 8.24. The Labute approximate surface area is 262 Å². The third kappa shape index (κ3) is 5.49. The SMILES string of the molecule is Cc1ccc(-n2c(SC(C)C(=O)c3cc(C)n(-c4ccc(OC(F)F)cc4)c3C)nc3sc4c(c3c2=O)CCCC4)c(C)c1. The monoisotopic (exact) mass is 633 g/mol. The van der Waals surface area contributed by atoms with Crippen molar-refractivity contribution in [3.63, 3.8) is 0 Å². The van der Waals surface area contributed by atoms with Crippen LogP contribution in [0.15, 0.2) is 58.5 Å². The maximum Gasteiger partial charge on any atom is 0.387 e. The molecule has 10 heteroatoms. The van der Waals surface area contributed by atoms with E-state index in [0.717, 1.165) is 70.0 Å². The van der Waals surface area contributed by atoms with Gasteiger partial charge in [0.2, 0.25) is 0 Å². The van der Waals surface area contributed by atoms with E-state index in [2.05, 4.69) is 10.8 Å². The van der Waals surface area contributed by atoms with Crippen LogP contribution < -0.4 is 10.3 Å². The first-order chi connectivity index (χ1) is 21.0. The van der Waals surface area contributed by atoms with Crippen LogP contribution in [0.25, 0.3) is 21.6 Å². The van der Waals surface area contributed by atoms with Gasteiger partial charge in [-0.1, -0.05) is 29.5 Å². The molecule has 1 aliphatic carbocycles. The van der Waals surface area contributed by atoms with Crippen molar-refractivity contribution in [1.29, 1.82) is 0 Å². The molecular weight excluding hydrogens is 601 g/mol. The number of Topliss-reactive ketones (excluding diaryl/α,β-unsaturated/α-hetero) is 1. The summed E-state index contributed by atoms with van der Waals surface area (Å²) in [5, 5.41) is 0.667. The molecule has 1 unspecified atom stereocenters. The maximum atomic E-state index is 14.3. The Balaban J connectivity index is 1.38. The highest BCUT2D eigenvalue weighted by Gasteiger charge is 2.27. The summed E-state index contributed by atoms with van der Waals surface area (Å²) >= 11 is 2.90. The Morgan fingerprint density at radius 3 is 2.43 bits per heavy atom. The number of carbonyl (C=O) groups excluding carboxylic acids is 1. The Morgan fingerprint density at radius 1 is 1.00 bits per heavy atom. The molecule has 0 amide bonds. The summed E-state index contributed by atoms with van der Waals surface area (Å²) in [5.74, 6) is -0.0162. The molecule has 228 valence electrons. The van der Waals surface area contributed by atoms with Crippen LogP contribution in [-0.4, -0.2) is 31.8 Å². The predicted molar refractivity (Wildman–Crippen MR) is 173 cm³/mol. The maximum absolute atomic E-state index is 14.3. The molecule has 0 bridgehead atoms. The normalized spacial score (nSPS) is 13.8. The fourth-order valence-corrected chi connectivity index (χ4v) is 8.44. The van der Waals surface area contributed by atoms with Crippen LogP contribution in [0.1, 0.15) is 63.1 Å². The number of rotatable bonds is 8. The molecule has 6 nitrogen and oxygen atoms in total. The summed E-state index contributed by atoms with van der Waals surface area (Å²) in [7, 11) is 0. The number of hydrogen-bond donors (Lipinski definition) is 0. The van der Waals surface area contributed by atoms with Gasteiger partial charge < -0.3 is 9.30 Å². The first-order valence-corrected chi connectivity index (χ1v) is 16.3. The molecule has 3 aromatic heterocycles. The van der Waals surface area contributed by atoms with Crippen LogP contribution in [0.2, 0.25) is 0 Å². The van der Waals surface area contributed by atoms with Gasteiger partial charge in [-0.2, -0.15) is 8.78 Å². The van der Waals surface area contributed by atoms with Gasteiger partial charge in [0.05, 0.1) is 16.3 Å². The summed E-state index contributed by atoms with van der Waals surface area (Å²) in [6.07, 6.45) is 4.03. The zero-order valence-corrected chi connectivity index (χ0v) is 26.9. The molecule has 0 saturated carbocycles. The highest BCUT2D eigenvalue weighted by atomic mass is 32.2. The van der Waals surface area contributed by atoms with Crippen molar-refractivity contribution in [2.75, 3.05) is 0 Å². The first kappa shape index (κ1) is 30.3. The number of fused-ring (bicyclic) bond motifs is 3. The van der Waals surface area contributed by atoms with Crippen molar-refractivity contribution < 1.29 is 18.3 Å². The Morgan fingerprint density at radius 2 is 1.73 bits per heavy atom. The number of ether oxygens (including phenoxy) is 1. The highest BCUT2D eigenvalue weighted by Crippen LogP contribution is 2.37. The lowest BCUT2D eigenvalue weighted by molar-refractivity contribution is -0.0498. The standard InChI is InChI=1S/C34H33F2N3O3S2/c1-18-10-15-27(19(2)16-18)39-32(41)29-25-8-6-7-9-28(25)44-31(29)37-34(39)43-22(5)30(40)26-17-20(3)38(21(26)4)23-11-13-24(14-12-23)42-33(35)36/h10-17,22,33H,6-9H2,1-5H3. The fourth-order valence-electron chi connectivity index (χ4n) is 6.15. The minimum Gasteiger partial charge on any atom is -0.435 e. The largest absolute Gasteiger partial charge is 0.435 e. The van der Waals surface area contributed by atoms with Crippen molar-refractivity contribution in [2.45, 2.75) is 77.3 Å². The van der Waals surface area contributed by atoms with Crippen LogP contribution in [0.3, 0.4) is 0 Å². The van der Waals surface area contributed by atoms with E-state index < -0.39 is 11.9 Å². The van der Waals surface area contributed by atoms with E-state index >= 15 is 0 Å². The van der Waals surface area contributed by atoms with Crippen molar-refractivity contribution in [3.8, 4) is 17.1 Å². The number of hydrogen-bond acceptors (Lipinski definition) is 6. The van der Waals surface area contributed by atoms with Crippen LogP contribution >= 0.6 is 23.1 Å². The minimum absolute atomic E-state index is 0.0680. The molecule has 44 heavy (non-hydrogen) atoms. The summed E-state index contributed by atoms with van der Waals surface area (Å²) < 4.78 is 33.3. The highest BCUT2D eigenvalue weighted by molar-refractivity contribution is 8.00. The molecule has 0 saturated heterocycles. The van der Waals surface area contributed by atoms with E-state index in [1.807, 2.05) is 57.4 Å². The molecule has 0 spiro atoms. The number of thioether (sulfide) groups is 1. The Hall–Kier alpha value is -3.76. The zero-order chi connectivity index (χ0) is 31.3. The number of nitrogens with zero attached hydrogens (tertiary/aromatic N) is 3. The van der Waals surface area contributed by atoms with Crippen molar-refractivity contribution >= 4 is 39.1 Å². The number of aryl methyl sites for hydroxylation is 5. The summed E-state index contributed by atoms with van der Waals surface area (Å²) in [6.45, 7) is 6.73. The molecule has 5 aromatic rings. The average Bonchev–Trinajstić information content (AvgIpc) is 3.50. The summed E-state index contributed by atoms with van der Waals surface area (Å²) in [5.41, 5.74) is 6.75. The fraction of sp³-hybridized carbons (Fsp3) is 0.324. The third-order valence-electron chi connectivity index (χ3n) is 8.22. The number of thiophene rings is 1. The lowest BCUT2D eigenvalue weighted by Gasteiger charge is -2.18. The van der Waals surface area contributed by atoms with Crippen molar-refractivity contribution in [2.24, 2.45) is 0 Å². The van der Waals surface area contributed by atoms with Gasteiger partial charge >= 0.3 is 6.61 Å². The average molecular weight is 634 g/mol. The number of alkyl halides is 2. The molecule has 3 heterocycles. The van der Waals surface area contributed by atoms with Gasteiger partial charge in [0.25, 0.3) is 5.56 Å². The third-order valence-corrected chi connectivity index (χ3v) is 10.5. The number of carbonyl (C=O) groups is 1. The van der Waals surface area contributed by atoms with Crippen molar-refractivity contribution in [3.05, 3.63) is 97.4 Å². The zero-order valence-electron chi connectivity index (χ0n) is 25.2. The topological polar surface area (TPSA) is 66.1 Å². The van der Waals surface area contributed by atoms with Gasteiger partial charge in [-0.3, -0.25) is 14.2 Å². The second kappa shape index (κ2) is 12.0. The van der Waals surface area contributed by atoms with Gasteiger partial charge in [-0.05, 0) is 108 Å². The number of ketones is 1. The van der Waals surface area contributed by atoms with E-state index in [1.165, 1.54) is 28.8 Å². The molecule has 1 atom stereocenters. The molecule has 6 rings (SSSR count). The smallest absolute Gasteiger partial charge is 0.387 e. The Bertz CT molecular complexity index is 1960. The molecule has 0 aliphatic heterocycles. The van der Waals surface area contributed by atoms with Gasteiger partial charge in [0, 0.05) is 27.5 Å². The van der Waals surface area contributed by atoms with E-state index in [1.54, 1.807) is 28.0 Å². The number of halogens is 2. The molecule has 0 fully saturated rings. The van der Waals surface area contributed by atoms with Crippen LogP contribution in [0, 0.1) is 27.7 Å². The second-order valence-electron chi connectivity index (χ2n) is 11.3. The van der Waals surface area contributed by atoms with Gasteiger partial charge in [0.1, 0.15) is 10.6 Å². The quantitative estimate of drug-likeness (QED) is 0.0977. The van der Waals surface area contributed by atoms with Crippen LogP contribution in [0.5, 0.6) is 5.75 Å². The van der Waals surface area contributed by atoms with Gasteiger partial charge in [0.15, 0.2) is 10.9 Å². The molecular formula is C34H33F2N3O3S2. The molecule has 1 aliphatic rings. The molecule has 0 radical (unpaired) electrons. The minimum atomic E-state index is -2.90. The van der Waals surface area contributed by atoms with E-state index in [0.29, 0.717) is 16.1 Å². The first-order valence-electron chi connectivity index (χ1n) is 14.6. The van der Waals surface area contributed by atoms with Crippen LogP contribution in [0.4, 0.5) is 8.78 Å². The van der Waals surface area contributed by atoms with E-state index in [-0.39, 0.29) is 17.1 Å². The van der Waals surface area contributed by atoms with E-state index in [9.17, 15) is 18.4 Å². The lowest BCUT2D eigenvalue weighted by atomic mass is 9.97. The van der Waals surface area contributed by atoms with Gasteiger partial charge in [-0.25, -0.2) is 4.98 Å².